The van der Waals surface area contributed by atoms with Crippen molar-refractivity contribution in [1.82, 2.24) is 4.90 Å². The Balaban J connectivity index is 1.68. The fraction of sp³-hybridized carbons (Fsp3) is 0.200. The Labute approximate surface area is 167 Å². The normalized spacial score (nSPS) is 20.6. The lowest BCUT2D eigenvalue weighted by molar-refractivity contribution is -0.121. The molecule has 1 amide bonds. The monoisotopic (exact) mass is 397 g/mol. The SMILES string of the molecule is COc1ccc2c(c1)N(C)C(=C1SC(=Nc3ccc(C)cc3)N(C)C1=O)S2. The molecule has 0 atom stereocenters. The molecule has 27 heavy (non-hydrogen) atoms. The molecule has 1 fully saturated rings. The highest BCUT2D eigenvalue weighted by atomic mass is 32.2. The van der Waals surface area contributed by atoms with Crippen molar-refractivity contribution in [2.45, 2.75) is 11.8 Å². The molecule has 5 nitrogen and oxygen atoms in total. The van der Waals surface area contributed by atoms with Crippen LogP contribution in [0.1, 0.15) is 5.56 Å². The van der Waals surface area contributed by atoms with Crippen molar-refractivity contribution in [2.75, 3.05) is 26.1 Å². The van der Waals surface area contributed by atoms with Crippen molar-refractivity contribution in [2.24, 2.45) is 4.99 Å². The van der Waals surface area contributed by atoms with E-state index in [1.54, 1.807) is 30.8 Å². The number of aliphatic imine (C=N–C) groups is 1. The maximum atomic E-state index is 12.9. The van der Waals surface area contributed by atoms with Crippen LogP contribution in [0.15, 0.2) is 62.3 Å². The fourth-order valence-corrected chi connectivity index (χ4v) is 5.17. The average molecular weight is 398 g/mol. The van der Waals surface area contributed by atoms with E-state index in [4.69, 9.17) is 4.74 Å². The topological polar surface area (TPSA) is 45.1 Å². The van der Waals surface area contributed by atoms with E-state index in [1.165, 1.54) is 17.3 Å². The van der Waals surface area contributed by atoms with Crippen LogP contribution in [0.25, 0.3) is 0 Å². The summed E-state index contributed by atoms with van der Waals surface area (Å²) in [7, 11) is 5.40. The lowest BCUT2D eigenvalue weighted by atomic mass is 10.2. The van der Waals surface area contributed by atoms with Crippen LogP contribution >= 0.6 is 23.5 Å². The Morgan fingerprint density at radius 3 is 2.44 bits per heavy atom. The van der Waals surface area contributed by atoms with Gasteiger partial charge in [0.15, 0.2) is 5.17 Å². The smallest absolute Gasteiger partial charge is 0.269 e. The number of hydrogen-bond donors (Lipinski definition) is 0. The number of thioether (sulfide) groups is 2. The lowest BCUT2D eigenvalue weighted by Crippen LogP contribution is -2.24. The first kappa shape index (κ1) is 18.0. The molecule has 4 rings (SSSR count). The quantitative estimate of drug-likeness (QED) is 0.693. The third kappa shape index (κ3) is 3.21. The lowest BCUT2D eigenvalue weighted by Gasteiger charge is -2.15. The Morgan fingerprint density at radius 2 is 1.74 bits per heavy atom. The number of rotatable bonds is 2. The summed E-state index contributed by atoms with van der Waals surface area (Å²) in [5.74, 6) is 0.775. The molecule has 2 aromatic carbocycles. The maximum Gasteiger partial charge on any atom is 0.269 e. The zero-order valence-electron chi connectivity index (χ0n) is 15.5. The molecule has 0 aromatic heterocycles. The first-order valence-electron chi connectivity index (χ1n) is 8.43. The van der Waals surface area contributed by atoms with Crippen LogP contribution in [0.3, 0.4) is 0 Å². The Morgan fingerprint density at radius 1 is 1.00 bits per heavy atom. The standard InChI is InChI=1S/C20H19N3O2S2/c1-12-5-7-13(8-6-12)21-20-23(3)18(24)17(27-20)19-22(2)15-11-14(25-4)9-10-16(15)26-19/h5-11H,1-4H3. The molecule has 0 radical (unpaired) electrons. The molecular formula is C20H19N3O2S2. The molecule has 0 aliphatic carbocycles. The summed E-state index contributed by atoms with van der Waals surface area (Å²) in [6.07, 6.45) is 0. The van der Waals surface area contributed by atoms with Gasteiger partial charge < -0.3 is 9.64 Å². The highest BCUT2D eigenvalue weighted by molar-refractivity contribution is 8.19. The second-order valence-corrected chi connectivity index (χ2v) is 8.33. The first-order chi connectivity index (χ1) is 13.0. The molecule has 0 N–H and O–H groups in total. The highest BCUT2D eigenvalue weighted by Gasteiger charge is 2.37. The Bertz CT molecular complexity index is 983. The molecule has 1 saturated heterocycles. The van der Waals surface area contributed by atoms with Gasteiger partial charge in [-0.3, -0.25) is 9.69 Å². The minimum absolute atomic E-state index is 0.0278. The average Bonchev–Trinajstić information content (AvgIpc) is 3.14. The summed E-state index contributed by atoms with van der Waals surface area (Å²) in [6.45, 7) is 2.04. The molecule has 2 aromatic rings. The van der Waals surface area contributed by atoms with Crippen LogP contribution in [-0.4, -0.2) is 37.2 Å². The number of likely N-dealkylation sites (N-methyl/N-ethyl adjacent to an activating group) is 1. The third-order valence-corrected chi connectivity index (χ3v) is 6.96. The highest BCUT2D eigenvalue weighted by Crippen LogP contribution is 2.50. The minimum atomic E-state index is -0.0278. The van der Waals surface area contributed by atoms with Crippen LogP contribution in [0.5, 0.6) is 5.75 Å². The van der Waals surface area contributed by atoms with Crippen molar-refractivity contribution in [3.63, 3.8) is 0 Å². The molecule has 2 aliphatic rings. The number of benzene rings is 2. The van der Waals surface area contributed by atoms with Crippen LogP contribution in [0.4, 0.5) is 11.4 Å². The van der Waals surface area contributed by atoms with Crippen molar-refractivity contribution < 1.29 is 9.53 Å². The number of hydrogen-bond acceptors (Lipinski definition) is 6. The van der Waals surface area contributed by atoms with Gasteiger partial charge in [-0.2, -0.15) is 0 Å². The first-order valence-corrected chi connectivity index (χ1v) is 10.1. The van der Waals surface area contributed by atoms with Gasteiger partial charge in [0.25, 0.3) is 5.91 Å². The van der Waals surface area contributed by atoms with E-state index < -0.39 is 0 Å². The summed E-state index contributed by atoms with van der Waals surface area (Å²) < 4.78 is 5.33. The second kappa shape index (κ2) is 6.98. The van der Waals surface area contributed by atoms with Crippen LogP contribution < -0.4 is 9.64 Å². The molecule has 2 aliphatic heterocycles. The maximum absolute atomic E-state index is 12.9. The number of amidine groups is 1. The van der Waals surface area contributed by atoms with Gasteiger partial charge in [0.2, 0.25) is 0 Å². The number of carbonyl (C=O) groups excluding carboxylic acids is 1. The predicted molar refractivity (Wildman–Crippen MR) is 113 cm³/mol. The van der Waals surface area contributed by atoms with Crippen LogP contribution in [0.2, 0.25) is 0 Å². The molecule has 0 saturated carbocycles. The number of anilines is 1. The van der Waals surface area contributed by atoms with Gasteiger partial charge in [-0.15, -0.1) is 0 Å². The van der Waals surface area contributed by atoms with E-state index in [0.717, 1.165) is 27.0 Å². The molecule has 2 heterocycles. The van der Waals surface area contributed by atoms with Crippen molar-refractivity contribution in [3.05, 3.63) is 58.0 Å². The van der Waals surface area contributed by atoms with Crippen LogP contribution in [0, 0.1) is 6.92 Å². The number of methoxy groups -OCH3 is 1. The van der Waals surface area contributed by atoms with E-state index in [-0.39, 0.29) is 5.91 Å². The van der Waals surface area contributed by atoms with Gasteiger partial charge in [-0.05, 0) is 43.0 Å². The number of ether oxygens (including phenoxy) is 1. The zero-order valence-corrected chi connectivity index (χ0v) is 17.1. The third-order valence-electron chi connectivity index (χ3n) is 4.47. The number of nitrogens with zero attached hydrogens (tertiary/aromatic N) is 3. The molecule has 0 bridgehead atoms. The molecule has 0 spiro atoms. The summed E-state index contributed by atoms with van der Waals surface area (Å²) in [5, 5.41) is 1.61. The number of carbonyl (C=O) groups is 1. The van der Waals surface area contributed by atoms with Crippen molar-refractivity contribution >= 4 is 46.0 Å². The predicted octanol–water partition coefficient (Wildman–Crippen LogP) is 4.61. The second-order valence-electron chi connectivity index (χ2n) is 6.33. The summed E-state index contributed by atoms with van der Waals surface area (Å²) in [4.78, 5) is 23.0. The Kier molecular flexibility index (Phi) is 4.65. The van der Waals surface area contributed by atoms with Crippen molar-refractivity contribution in [3.8, 4) is 5.75 Å². The number of fused-ring (bicyclic) bond motifs is 1. The number of amides is 1. The fourth-order valence-electron chi connectivity index (χ4n) is 2.86. The van der Waals surface area contributed by atoms with Crippen molar-refractivity contribution in [1.29, 1.82) is 0 Å². The van der Waals surface area contributed by atoms with E-state index >= 15 is 0 Å². The van der Waals surface area contributed by atoms with Gasteiger partial charge in [-0.25, -0.2) is 4.99 Å². The van der Waals surface area contributed by atoms with Gasteiger partial charge in [-0.1, -0.05) is 29.5 Å². The van der Waals surface area contributed by atoms with E-state index in [2.05, 4.69) is 4.99 Å². The van der Waals surface area contributed by atoms with E-state index in [9.17, 15) is 4.79 Å². The van der Waals surface area contributed by atoms with Gasteiger partial charge >= 0.3 is 0 Å². The summed E-state index contributed by atoms with van der Waals surface area (Å²) in [6, 6.07) is 13.9. The molecule has 0 unspecified atom stereocenters. The largest absolute Gasteiger partial charge is 0.497 e. The van der Waals surface area contributed by atoms with Crippen LogP contribution in [-0.2, 0) is 4.79 Å². The van der Waals surface area contributed by atoms with Gasteiger partial charge in [0, 0.05) is 25.1 Å². The van der Waals surface area contributed by atoms with Gasteiger partial charge in [0.1, 0.15) is 10.7 Å². The zero-order chi connectivity index (χ0) is 19.1. The van der Waals surface area contributed by atoms with E-state index in [0.29, 0.717) is 10.1 Å². The van der Waals surface area contributed by atoms with E-state index in [1.807, 2.05) is 61.3 Å². The minimum Gasteiger partial charge on any atom is -0.497 e. The van der Waals surface area contributed by atoms with Gasteiger partial charge in [0.05, 0.1) is 23.5 Å². The Hall–Kier alpha value is -2.38. The molecule has 7 heteroatoms. The summed E-state index contributed by atoms with van der Waals surface area (Å²) >= 11 is 3.02. The summed E-state index contributed by atoms with van der Waals surface area (Å²) in [5.41, 5.74) is 3.07. The number of aryl methyl sites for hydroxylation is 1. The molecule has 138 valence electrons. The molecular weight excluding hydrogens is 378 g/mol.